The number of carbonyl (C=O) groups excluding carboxylic acids is 1. The minimum absolute atomic E-state index is 0.156. The van der Waals surface area contributed by atoms with Crippen LogP contribution in [0.1, 0.15) is 11.3 Å². The predicted octanol–water partition coefficient (Wildman–Crippen LogP) is 3.94. The molecule has 0 saturated heterocycles. The molecule has 9 nitrogen and oxygen atoms in total. The third kappa shape index (κ3) is 4.44. The SMILES string of the molecule is Cc1c([N+](=O)[O-])cnn1CC(=O)Nc1nn(Cc2ccc(Cl)c(Cl)c2)cc1Cl. The van der Waals surface area contributed by atoms with Gasteiger partial charge in [0.25, 0.3) is 0 Å². The summed E-state index contributed by atoms with van der Waals surface area (Å²) in [5.41, 5.74) is 0.971. The number of nitro groups is 1. The fourth-order valence-electron chi connectivity index (χ4n) is 2.47. The van der Waals surface area contributed by atoms with Gasteiger partial charge in [0.15, 0.2) is 5.82 Å². The molecule has 0 atom stereocenters. The van der Waals surface area contributed by atoms with E-state index in [1.807, 2.05) is 0 Å². The fraction of sp³-hybridized carbons (Fsp3) is 0.188. The topological polar surface area (TPSA) is 108 Å². The Morgan fingerprint density at radius 1 is 1.25 bits per heavy atom. The zero-order chi connectivity index (χ0) is 20.4. The van der Waals surface area contributed by atoms with Crippen molar-refractivity contribution in [3.63, 3.8) is 0 Å². The van der Waals surface area contributed by atoms with Gasteiger partial charge < -0.3 is 5.32 Å². The van der Waals surface area contributed by atoms with E-state index in [9.17, 15) is 14.9 Å². The molecule has 1 N–H and O–H groups in total. The second-order valence-electron chi connectivity index (χ2n) is 5.85. The van der Waals surface area contributed by atoms with Crippen molar-refractivity contribution in [2.24, 2.45) is 0 Å². The number of benzene rings is 1. The lowest BCUT2D eigenvalue weighted by molar-refractivity contribution is -0.385. The molecule has 0 aliphatic carbocycles. The second-order valence-corrected chi connectivity index (χ2v) is 7.07. The standard InChI is InChI=1S/C16H13Cl3N6O3/c1-9-14(25(27)28)5-20-24(9)8-15(26)21-16-13(19)7-23(22-16)6-10-2-3-11(17)12(18)4-10/h2-5,7H,6,8H2,1H3,(H,21,22,26). The van der Waals surface area contributed by atoms with Gasteiger partial charge in [-0.2, -0.15) is 10.2 Å². The van der Waals surface area contributed by atoms with Crippen molar-refractivity contribution in [3.8, 4) is 0 Å². The van der Waals surface area contributed by atoms with E-state index in [1.165, 1.54) is 11.6 Å². The minimum atomic E-state index is -0.557. The molecule has 28 heavy (non-hydrogen) atoms. The normalized spacial score (nSPS) is 10.9. The predicted molar refractivity (Wildman–Crippen MR) is 105 cm³/mol. The van der Waals surface area contributed by atoms with Crippen LogP contribution in [0.3, 0.4) is 0 Å². The number of hydrogen-bond donors (Lipinski definition) is 1. The molecular weight excluding hydrogens is 431 g/mol. The third-order valence-corrected chi connectivity index (χ3v) is 4.89. The van der Waals surface area contributed by atoms with Crippen LogP contribution >= 0.6 is 34.8 Å². The fourth-order valence-corrected chi connectivity index (χ4v) is 2.99. The first-order valence-corrected chi connectivity index (χ1v) is 9.01. The molecular formula is C16H13Cl3N6O3. The molecule has 0 aliphatic rings. The Balaban J connectivity index is 1.68. The molecule has 0 aliphatic heterocycles. The number of halogens is 3. The molecule has 2 heterocycles. The Kier molecular flexibility index (Phi) is 5.87. The van der Waals surface area contributed by atoms with Gasteiger partial charge in [0, 0.05) is 6.20 Å². The Bertz CT molecular complexity index is 1060. The summed E-state index contributed by atoms with van der Waals surface area (Å²) in [6.45, 7) is 1.67. The molecule has 0 radical (unpaired) electrons. The molecule has 2 aromatic heterocycles. The maximum atomic E-state index is 12.2. The first kappa shape index (κ1) is 20.1. The number of nitrogens with one attached hydrogen (secondary N) is 1. The van der Waals surface area contributed by atoms with E-state index >= 15 is 0 Å². The highest BCUT2D eigenvalue weighted by atomic mass is 35.5. The van der Waals surface area contributed by atoms with Crippen molar-refractivity contribution in [1.29, 1.82) is 0 Å². The molecule has 0 bridgehead atoms. The van der Waals surface area contributed by atoms with Gasteiger partial charge in [0.1, 0.15) is 23.5 Å². The van der Waals surface area contributed by atoms with Crippen molar-refractivity contribution < 1.29 is 9.72 Å². The van der Waals surface area contributed by atoms with E-state index in [1.54, 1.807) is 29.1 Å². The summed E-state index contributed by atoms with van der Waals surface area (Å²) in [5, 5.41) is 22.6. The van der Waals surface area contributed by atoms with Crippen LogP contribution in [0.25, 0.3) is 0 Å². The van der Waals surface area contributed by atoms with E-state index in [0.29, 0.717) is 16.6 Å². The molecule has 1 aromatic carbocycles. The van der Waals surface area contributed by atoms with Crippen LogP contribution in [0.5, 0.6) is 0 Å². The first-order valence-electron chi connectivity index (χ1n) is 7.88. The molecule has 0 fully saturated rings. The van der Waals surface area contributed by atoms with E-state index in [-0.39, 0.29) is 28.8 Å². The monoisotopic (exact) mass is 442 g/mol. The highest BCUT2D eigenvalue weighted by Gasteiger charge is 2.19. The summed E-state index contributed by atoms with van der Waals surface area (Å²) in [5.74, 6) is -0.297. The molecule has 0 saturated carbocycles. The van der Waals surface area contributed by atoms with Gasteiger partial charge >= 0.3 is 5.69 Å². The maximum absolute atomic E-state index is 12.2. The summed E-state index contributed by atoms with van der Waals surface area (Å²) < 4.78 is 2.77. The highest BCUT2D eigenvalue weighted by molar-refractivity contribution is 6.42. The van der Waals surface area contributed by atoms with E-state index in [4.69, 9.17) is 34.8 Å². The van der Waals surface area contributed by atoms with E-state index in [2.05, 4.69) is 15.5 Å². The zero-order valence-electron chi connectivity index (χ0n) is 14.4. The lowest BCUT2D eigenvalue weighted by atomic mass is 10.2. The number of carbonyl (C=O) groups is 1. The zero-order valence-corrected chi connectivity index (χ0v) is 16.7. The smallest absolute Gasteiger partial charge is 0.306 e. The van der Waals surface area contributed by atoms with Gasteiger partial charge in [-0.3, -0.25) is 24.3 Å². The summed E-state index contributed by atoms with van der Waals surface area (Å²) in [6, 6.07) is 5.19. The van der Waals surface area contributed by atoms with Gasteiger partial charge in [-0.15, -0.1) is 0 Å². The van der Waals surface area contributed by atoms with Crippen LogP contribution in [-0.2, 0) is 17.9 Å². The van der Waals surface area contributed by atoms with Crippen molar-refractivity contribution in [3.05, 3.63) is 67.0 Å². The van der Waals surface area contributed by atoms with Crippen molar-refractivity contribution in [2.75, 3.05) is 5.32 Å². The number of hydrogen-bond acceptors (Lipinski definition) is 5. The van der Waals surface area contributed by atoms with Crippen molar-refractivity contribution >= 4 is 52.2 Å². The largest absolute Gasteiger partial charge is 0.309 e. The quantitative estimate of drug-likeness (QED) is 0.458. The molecule has 0 unspecified atom stereocenters. The molecule has 3 aromatic rings. The molecule has 1 amide bonds. The maximum Gasteiger partial charge on any atom is 0.309 e. The van der Waals surface area contributed by atoms with Gasteiger partial charge in [-0.05, 0) is 24.6 Å². The Morgan fingerprint density at radius 3 is 2.64 bits per heavy atom. The lowest BCUT2D eigenvalue weighted by Gasteiger charge is -2.05. The van der Waals surface area contributed by atoms with Crippen LogP contribution in [0.2, 0.25) is 15.1 Å². The molecule has 12 heteroatoms. The summed E-state index contributed by atoms with van der Waals surface area (Å²) >= 11 is 18.0. The average molecular weight is 444 g/mol. The van der Waals surface area contributed by atoms with Gasteiger partial charge in [-0.1, -0.05) is 40.9 Å². The lowest BCUT2D eigenvalue weighted by Crippen LogP contribution is -2.21. The minimum Gasteiger partial charge on any atom is -0.306 e. The summed E-state index contributed by atoms with van der Waals surface area (Å²) in [6.07, 6.45) is 2.66. The van der Waals surface area contributed by atoms with Crippen LogP contribution in [0, 0.1) is 17.0 Å². The second kappa shape index (κ2) is 8.17. The Hall–Kier alpha value is -2.62. The number of amides is 1. The van der Waals surface area contributed by atoms with Gasteiger partial charge in [-0.25, -0.2) is 0 Å². The number of anilines is 1. The number of aromatic nitrogens is 4. The summed E-state index contributed by atoms with van der Waals surface area (Å²) in [7, 11) is 0. The van der Waals surface area contributed by atoms with E-state index < -0.39 is 10.8 Å². The Labute approximate surface area is 173 Å². The molecule has 3 rings (SSSR count). The number of rotatable bonds is 6. The van der Waals surface area contributed by atoms with Crippen molar-refractivity contribution in [1.82, 2.24) is 19.6 Å². The van der Waals surface area contributed by atoms with Crippen LogP contribution < -0.4 is 5.32 Å². The Morgan fingerprint density at radius 2 is 2.00 bits per heavy atom. The van der Waals surface area contributed by atoms with Crippen molar-refractivity contribution in [2.45, 2.75) is 20.0 Å². The van der Waals surface area contributed by atoms with Gasteiger partial charge in [0.05, 0.1) is 21.5 Å². The summed E-state index contributed by atoms with van der Waals surface area (Å²) in [4.78, 5) is 22.5. The van der Waals surface area contributed by atoms with Crippen LogP contribution in [0.4, 0.5) is 11.5 Å². The third-order valence-electron chi connectivity index (χ3n) is 3.87. The number of nitrogens with zero attached hydrogens (tertiary/aromatic N) is 5. The molecule has 146 valence electrons. The van der Waals surface area contributed by atoms with Crippen LogP contribution in [-0.4, -0.2) is 30.4 Å². The first-order chi connectivity index (χ1) is 13.2. The highest BCUT2D eigenvalue weighted by Crippen LogP contribution is 2.24. The average Bonchev–Trinajstić information content (AvgIpc) is 3.14. The molecule has 0 spiro atoms. The van der Waals surface area contributed by atoms with Crippen LogP contribution in [0.15, 0.2) is 30.6 Å². The van der Waals surface area contributed by atoms with E-state index in [0.717, 1.165) is 11.8 Å². The van der Waals surface area contributed by atoms with Gasteiger partial charge in [0.2, 0.25) is 5.91 Å².